The van der Waals surface area contributed by atoms with Crippen molar-refractivity contribution in [2.75, 3.05) is 6.61 Å². The van der Waals surface area contributed by atoms with Crippen LogP contribution < -0.4 is 16.2 Å². The van der Waals surface area contributed by atoms with E-state index >= 15 is 0 Å². The highest BCUT2D eigenvalue weighted by molar-refractivity contribution is 5.75. The minimum absolute atomic E-state index is 0.0459. The largest absolute Gasteiger partial charge is 0.482 e. The molecule has 1 saturated carbocycles. The molecule has 39 heavy (non-hydrogen) atoms. The molecule has 1 aromatic rings. The first-order chi connectivity index (χ1) is 18.5. The number of carbonyl (C=O) groups excluding carboxylic acids is 2. The minimum atomic E-state index is -1.02. The highest BCUT2D eigenvalue weighted by atomic mass is 16.6. The fourth-order valence-corrected chi connectivity index (χ4v) is 6.40. The van der Waals surface area contributed by atoms with Crippen molar-refractivity contribution in [2.45, 2.75) is 110 Å². The number of carbonyl (C=O) groups is 3. The SMILES string of the molecule is CCCCC[C@@H](CCC1[C@H](OC(=O)C(C)N)C[C@@H]2Cc3c(cccc3OCC(=O)O)CC12C)OC(=O)C(C)N. The van der Waals surface area contributed by atoms with Gasteiger partial charge in [-0.1, -0.05) is 38.8 Å². The van der Waals surface area contributed by atoms with Crippen LogP contribution in [0.15, 0.2) is 18.2 Å². The number of hydrogen-bond acceptors (Lipinski definition) is 8. The molecule has 0 amide bonds. The topological polar surface area (TPSA) is 151 Å². The molecule has 2 aliphatic carbocycles. The van der Waals surface area contributed by atoms with E-state index in [1.807, 2.05) is 12.1 Å². The lowest BCUT2D eigenvalue weighted by Crippen LogP contribution is -2.40. The van der Waals surface area contributed by atoms with Crippen molar-refractivity contribution in [3.05, 3.63) is 29.3 Å². The Kier molecular flexibility index (Phi) is 10.8. The molecule has 4 unspecified atom stereocenters. The maximum atomic E-state index is 12.6. The van der Waals surface area contributed by atoms with E-state index in [2.05, 4.69) is 19.9 Å². The van der Waals surface area contributed by atoms with Crippen molar-refractivity contribution >= 4 is 17.9 Å². The Morgan fingerprint density at radius 3 is 2.46 bits per heavy atom. The summed E-state index contributed by atoms with van der Waals surface area (Å²) in [5.41, 5.74) is 13.6. The molecule has 7 atom stereocenters. The molecule has 0 spiro atoms. The average Bonchev–Trinajstić information content (AvgIpc) is 3.13. The van der Waals surface area contributed by atoms with Gasteiger partial charge in [0.2, 0.25) is 0 Å². The lowest BCUT2D eigenvalue weighted by atomic mass is 9.62. The van der Waals surface area contributed by atoms with E-state index in [0.29, 0.717) is 25.0 Å². The second-order valence-corrected chi connectivity index (χ2v) is 11.7. The van der Waals surface area contributed by atoms with Crippen LogP contribution in [-0.4, -0.2) is 53.9 Å². The van der Waals surface area contributed by atoms with Crippen LogP contribution in [0.4, 0.5) is 0 Å². The third kappa shape index (κ3) is 7.72. The fraction of sp³-hybridized carbons (Fsp3) is 0.700. The minimum Gasteiger partial charge on any atom is -0.482 e. The zero-order valence-electron chi connectivity index (χ0n) is 23.8. The monoisotopic (exact) mass is 546 g/mol. The zero-order chi connectivity index (χ0) is 28.7. The molecule has 9 heteroatoms. The maximum absolute atomic E-state index is 12.6. The Morgan fingerprint density at radius 1 is 1.10 bits per heavy atom. The quantitative estimate of drug-likeness (QED) is 0.234. The van der Waals surface area contributed by atoms with E-state index in [0.717, 1.165) is 49.7 Å². The van der Waals surface area contributed by atoms with Crippen molar-refractivity contribution in [3.8, 4) is 5.75 Å². The molecule has 0 bridgehead atoms. The number of esters is 2. The molecule has 5 N–H and O–H groups in total. The van der Waals surface area contributed by atoms with Gasteiger partial charge in [-0.25, -0.2) is 4.79 Å². The molecule has 218 valence electrons. The Hall–Kier alpha value is -2.65. The fourth-order valence-electron chi connectivity index (χ4n) is 6.40. The van der Waals surface area contributed by atoms with Gasteiger partial charge in [0, 0.05) is 5.92 Å². The van der Waals surface area contributed by atoms with Crippen LogP contribution >= 0.6 is 0 Å². The number of benzene rings is 1. The summed E-state index contributed by atoms with van der Waals surface area (Å²) < 4.78 is 17.4. The normalized spacial score (nSPS) is 26.1. The second kappa shape index (κ2) is 13.6. The summed E-state index contributed by atoms with van der Waals surface area (Å²) in [6.07, 6.45) is 6.88. The lowest BCUT2D eigenvalue weighted by molar-refractivity contribution is -0.153. The standard InChI is InChI=1S/C30H46N2O7/c1-5-6-7-10-22(38-28(35)18(2)31)12-13-24-26(39-29(36)19(3)32)15-21-14-23-20(16-30(21,24)4)9-8-11-25(23)37-17-27(33)34/h8-9,11,18-19,21-22,24,26H,5-7,10,12-17,31-32H2,1-4H3,(H,33,34)/t18?,19?,21-,22-,24?,26+,30?/m0/s1. The van der Waals surface area contributed by atoms with Crippen LogP contribution in [0.1, 0.15) is 83.8 Å². The number of fused-ring (bicyclic) bond motifs is 2. The summed E-state index contributed by atoms with van der Waals surface area (Å²) in [5.74, 6) is -0.977. The summed E-state index contributed by atoms with van der Waals surface area (Å²) >= 11 is 0. The lowest BCUT2D eigenvalue weighted by Gasteiger charge is -2.42. The predicted molar refractivity (Wildman–Crippen MR) is 147 cm³/mol. The van der Waals surface area contributed by atoms with Gasteiger partial charge in [-0.15, -0.1) is 0 Å². The number of rotatable bonds is 14. The Labute approximate surface area is 231 Å². The van der Waals surface area contributed by atoms with Gasteiger partial charge in [0.1, 0.15) is 30.0 Å². The predicted octanol–water partition coefficient (Wildman–Crippen LogP) is 3.77. The van der Waals surface area contributed by atoms with Crippen LogP contribution in [-0.2, 0) is 36.7 Å². The molecule has 0 aliphatic heterocycles. The highest BCUT2D eigenvalue weighted by Gasteiger charge is 2.55. The van der Waals surface area contributed by atoms with E-state index in [9.17, 15) is 14.4 Å². The number of nitrogens with two attached hydrogens (primary N) is 2. The molecular weight excluding hydrogens is 500 g/mol. The van der Waals surface area contributed by atoms with E-state index in [1.54, 1.807) is 13.8 Å². The smallest absolute Gasteiger partial charge is 0.341 e. The third-order valence-electron chi connectivity index (χ3n) is 8.57. The number of aliphatic carboxylic acids is 1. The summed E-state index contributed by atoms with van der Waals surface area (Å²) in [6, 6.07) is 4.38. The van der Waals surface area contributed by atoms with Gasteiger partial charge in [-0.2, -0.15) is 0 Å². The molecule has 0 aromatic heterocycles. The zero-order valence-corrected chi connectivity index (χ0v) is 23.8. The van der Waals surface area contributed by atoms with Gasteiger partial charge in [0.15, 0.2) is 6.61 Å². The molecule has 0 heterocycles. The van der Waals surface area contributed by atoms with E-state index in [4.69, 9.17) is 30.8 Å². The first-order valence-corrected chi connectivity index (χ1v) is 14.3. The van der Waals surface area contributed by atoms with Crippen molar-refractivity contribution in [3.63, 3.8) is 0 Å². The number of ether oxygens (including phenoxy) is 3. The first kappa shape index (κ1) is 30.9. The van der Waals surface area contributed by atoms with Gasteiger partial charge in [0.25, 0.3) is 0 Å². The van der Waals surface area contributed by atoms with E-state index in [-0.39, 0.29) is 29.5 Å². The van der Waals surface area contributed by atoms with Gasteiger partial charge < -0.3 is 30.8 Å². The highest BCUT2D eigenvalue weighted by Crippen LogP contribution is 2.57. The molecule has 1 fully saturated rings. The van der Waals surface area contributed by atoms with Crippen molar-refractivity contribution in [1.82, 2.24) is 0 Å². The molecule has 0 radical (unpaired) electrons. The third-order valence-corrected chi connectivity index (χ3v) is 8.57. The average molecular weight is 547 g/mol. The van der Waals surface area contributed by atoms with E-state index in [1.165, 1.54) is 0 Å². The second-order valence-electron chi connectivity index (χ2n) is 11.7. The summed E-state index contributed by atoms with van der Waals surface area (Å²) in [7, 11) is 0. The van der Waals surface area contributed by atoms with Gasteiger partial charge in [-0.05, 0) is 87.3 Å². The Bertz CT molecular complexity index is 1010. The van der Waals surface area contributed by atoms with Gasteiger partial charge in [-0.3, -0.25) is 9.59 Å². The van der Waals surface area contributed by atoms with Crippen LogP contribution in [0, 0.1) is 17.3 Å². The first-order valence-electron chi connectivity index (χ1n) is 14.3. The molecule has 2 aliphatic rings. The number of hydrogen-bond donors (Lipinski definition) is 3. The molecule has 0 saturated heterocycles. The summed E-state index contributed by atoms with van der Waals surface area (Å²) in [4.78, 5) is 36.1. The van der Waals surface area contributed by atoms with Crippen LogP contribution in [0.2, 0.25) is 0 Å². The van der Waals surface area contributed by atoms with Crippen molar-refractivity contribution < 1.29 is 33.7 Å². The summed E-state index contributed by atoms with van der Waals surface area (Å²) in [5, 5.41) is 9.10. The van der Waals surface area contributed by atoms with Crippen LogP contribution in [0.3, 0.4) is 0 Å². The molecule has 9 nitrogen and oxygen atoms in total. The number of carboxylic acid groups (broad SMARTS) is 1. The van der Waals surface area contributed by atoms with E-state index < -0.39 is 36.6 Å². The number of unbranched alkanes of at least 4 members (excludes halogenated alkanes) is 2. The summed E-state index contributed by atoms with van der Waals surface area (Å²) in [6.45, 7) is 7.26. The van der Waals surface area contributed by atoms with Crippen LogP contribution in [0.25, 0.3) is 0 Å². The molecule has 1 aromatic carbocycles. The van der Waals surface area contributed by atoms with Crippen molar-refractivity contribution in [2.24, 2.45) is 28.7 Å². The van der Waals surface area contributed by atoms with Gasteiger partial charge in [0.05, 0.1) is 0 Å². The molecular formula is C30H46N2O7. The van der Waals surface area contributed by atoms with Crippen molar-refractivity contribution in [1.29, 1.82) is 0 Å². The van der Waals surface area contributed by atoms with Gasteiger partial charge >= 0.3 is 17.9 Å². The number of carboxylic acids is 1. The van der Waals surface area contributed by atoms with Crippen LogP contribution in [0.5, 0.6) is 5.75 Å². The Morgan fingerprint density at radius 2 is 1.82 bits per heavy atom. The molecule has 3 rings (SSSR count). The maximum Gasteiger partial charge on any atom is 0.341 e. The Balaban J connectivity index is 1.85.